The molecule has 4 nitrogen and oxygen atoms in total. The highest BCUT2D eigenvalue weighted by atomic mass is 32.2. The summed E-state index contributed by atoms with van der Waals surface area (Å²) in [5.74, 6) is 0. The summed E-state index contributed by atoms with van der Waals surface area (Å²) < 4.78 is 29.2. The second-order valence-corrected chi connectivity index (χ2v) is 5.52. The van der Waals surface area contributed by atoms with Gasteiger partial charge in [-0.3, -0.25) is 0 Å². The van der Waals surface area contributed by atoms with Crippen LogP contribution in [0.25, 0.3) is 6.08 Å². The number of anilines is 1. The third kappa shape index (κ3) is 1.72. The van der Waals surface area contributed by atoms with Gasteiger partial charge in [0.15, 0.2) is 0 Å². The molecule has 1 heterocycles. The Labute approximate surface area is 94.6 Å². The summed E-state index contributed by atoms with van der Waals surface area (Å²) in [7, 11) is -3.35. The molecule has 0 aliphatic carbocycles. The van der Waals surface area contributed by atoms with Crippen LogP contribution in [0.3, 0.4) is 0 Å². The Morgan fingerprint density at radius 3 is 2.81 bits per heavy atom. The first kappa shape index (κ1) is 11.2. The zero-order valence-corrected chi connectivity index (χ0v) is 9.75. The number of fused-ring (bicyclic) bond motifs is 1. The van der Waals surface area contributed by atoms with E-state index in [0.717, 1.165) is 0 Å². The molecule has 0 radical (unpaired) electrons. The molecule has 2 rings (SSSR count). The van der Waals surface area contributed by atoms with Gasteiger partial charge in [-0.1, -0.05) is 0 Å². The lowest BCUT2D eigenvalue weighted by atomic mass is 10.2. The zero-order valence-electron chi connectivity index (χ0n) is 8.93. The van der Waals surface area contributed by atoms with E-state index in [1.807, 2.05) is 6.92 Å². The van der Waals surface area contributed by atoms with Crippen LogP contribution in [0.1, 0.15) is 12.5 Å². The summed E-state index contributed by atoms with van der Waals surface area (Å²) >= 11 is 0. The maximum atomic E-state index is 12.0. The fourth-order valence-electron chi connectivity index (χ4n) is 1.64. The molecule has 0 saturated heterocycles. The summed E-state index contributed by atoms with van der Waals surface area (Å²) in [6, 6.07) is 4.79. The summed E-state index contributed by atoms with van der Waals surface area (Å²) in [4.78, 5) is 0.617. The van der Waals surface area contributed by atoms with E-state index >= 15 is 0 Å². The van der Waals surface area contributed by atoms with Gasteiger partial charge >= 0.3 is 0 Å². The molecule has 0 fully saturated rings. The smallest absolute Gasteiger partial charge is 0.205 e. The first-order valence-electron chi connectivity index (χ1n) is 4.98. The number of nitrogens with two attached hydrogens (primary N) is 1. The summed E-state index contributed by atoms with van der Waals surface area (Å²) in [5, 5.41) is 0. The van der Waals surface area contributed by atoms with Gasteiger partial charge in [0.05, 0.1) is 16.4 Å². The highest BCUT2D eigenvalue weighted by Crippen LogP contribution is 2.33. The summed E-state index contributed by atoms with van der Waals surface area (Å²) in [6.45, 7) is 2.44. The summed E-state index contributed by atoms with van der Waals surface area (Å²) in [6.07, 6.45) is 1.62. The van der Waals surface area contributed by atoms with Crippen LogP contribution >= 0.6 is 0 Å². The van der Waals surface area contributed by atoms with Crippen molar-refractivity contribution in [3.63, 3.8) is 0 Å². The van der Waals surface area contributed by atoms with Crippen LogP contribution in [-0.4, -0.2) is 21.6 Å². The summed E-state index contributed by atoms with van der Waals surface area (Å²) in [5.41, 5.74) is 6.82. The Balaban J connectivity index is 2.44. The van der Waals surface area contributed by atoms with Crippen molar-refractivity contribution in [2.45, 2.75) is 11.8 Å². The first-order valence-corrected chi connectivity index (χ1v) is 6.47. The topological polar surface area (TPSA) is 69.4 Å². The van der Waals surface area contributed by atoms with Crippen LogP contribution in [0, 0.1) is 0 Å². The van der Waals surface area contributed by atoms with Gasteiger partial charge in [-0.25, -0.2) is 8.42 Å². The van der Waals surface area contributed by atoms with Crippen LogP contribution in [0.4, 0.5) is 5.69 Å². The molecule has 1 aliphatic heterocycles. The minimum atomic E-state index is -3.35. The van der Waals surface area contributed by atoms with Crippen LogP contribution in [0.2, 0.25) is 0 Å². The van der Waals surface area contributed by atoms with Gasteiger partial charge in [0.25, 0.3) is 0 Å². The van der Waals surface area contributed by atoms with Gasteiger partial charge in [-0.15, -0.1) is 0 Å². The van der Waals surface area contributed by atoms with Crippen molar-refractivity contribution in [1.82, 2.24) is 0 Å². The number of nitrogen functional groups attached to an aromatic ring is 1. The Morgan fingerprint density at radius 1 is 1.38 bits per heavy atom. The fraction of sp³-hybridized carbons (Fsp3) is 0.273. The Kier molecular flexibility index (Phi) is 2.73. The molecule has 1 aliphatic rings. The Bertz CT molecular complexity index is 546. The van der Waals surface area contributed by atoms with E-state index in [-0.39, 0.29) is 6.61 Å². The van der Waals surface area contributed by atoms with E-state index in [1.54, 1.807) is 18.2 Å². The number of ether oxygens (including phenoxy) is 1. The van der Waals surface area contributed by atoms with Crippen molar-refractivity contribution in [1.29, 1.82) is 0 Å². The van der Waals surface area contributed by atoms with Crippen LogP contribution in [0.5, 0.6) is 0 Å². The van der Waals surface area contributed by atoms with Crippen molar-refractivity contribution in [3.8, 4) is 0 Å². The number of sulfone groups is 1. The third-order valence-electron chi connectivity index (χ3n) is 2.43. The number of hydrogen-bond acceptors (Lipinski definition) is 4. The van der Waals surface area contributed by atoms with Crippen LogP contribution in [0.15, 0.2) is 28.0 Å². The number of benzene rings is 1. The number of hydrogen-bond donors (Lipinski definition) is 1. The van der Waals surface area contributed by atoms with E-state index < -0.39 is 9.84 Å². The lowest BCUT2D eigenvalue weighted by Gasteiger charge is -2.03. The van der Waals surface area contributed by atoms with Crippen molar-refractivity contribution < 1.29 is 13.2 Å². The first-order chi connectivity index (χ1) is 7.55. The van der Waals surface area contributed by atoms with Crippen molar-refractivity contribution in [3.05, 3.63) is 28.7 Å². The van der Waals surface area contributed by atoms with E-state index in [4.69, 9.17) is 10.5 Å². The quantitative estimate of drug-likeness (QED) is 0.810. The average Bonchev–Trinajstić information content (AvgIpc) is 2.47. The Hall–Kier alpha value is -1.33. The molecule has 0 amide bonds. The average molecular weight is 239 g/mol. The number of rotatable bonds is 3. The molecular formula is C11H13NO3S. The molecular weight excluding hydrogens is 226 g/mol. The molecule has 0 unspecified atom stereocenters. The van der Waals surface area contributed by atoms with E-state index in [2.05, 4.69) is 0 Å². The monoisotopic (exact) mass is 239 g/mol. The third-order valence-corrected chi connectivity index (χ3v) is 4.31. The molecule has 1 aromatic rings. The predicted octanol–water partition coefficient (Wildman–Crippen LogP) is 1.43. The largest absolute Gasteiger partial charge is 0.399 e. The predicted molar refractivity (Wildman–Crippen MR) is 62.5 cm³/mol. The standard InChI is InChI=1S/C11H13NO3S/c1-2-15-7-10-6-8-5-9(12)3-4-11(8)16(10,13)14/h3-6H,2,7,12H2,1H3. The molecule has 0 atom stereocenters. The normalized spacial score (nSPS) is 16.9. The van der Waals surface area contributed by atoms with Crippen molar-refractivity contribution in [2.24, 2.45) is 0 Å². The fourth-order valence-corrected chi connectivity index (χ4v) is 3.12. The minimum absolute atomic E-state index is 0.118. The molecule has 2 N–H and O–H groups in total. The Morgan fingerprint density at radius 2 is 2.12 bits per heavy atom. The van der Waals surface area contributed by atoms with Gasteiger partial charge in [0.2, 0.25) is 9.84 Å². The molecule has 0 saturated carbocycles. The molecule has 1 aromatic carbocycles. The van der Waals surface area contributed by atoms with Gasteiger partial charge < -0.3 is 10.5 Å². The van der Waals surface area contributed by atoms with Gasteiger partial charge in [0, 0.05) is 12.3 Å². The lowest BCUT2D eigenvalue weighted by molar-refractivity contribution is 0.175. The molecule has 0 aromatic heterocycles. The van der Waals surface area contributed by atoms with E-state index in [0.29, 0.717) is 27.7 Å². The van der Waals surface area contributed by atoms with Gasteiger partial charge in [-0.2, -0.15) is 0 Å². The van der Waals surface area contributed by atoms with E-state index in [9.17, 15) is 8.42 Å². The van der Waals surface area contributed by atoms with Gasteiger partial charge in [-0.05, 0) is 36.8 Å². The lowest BCUT2D eigenvalue weighted by Crippen LogP contribution is -2.06. The molecule has 86 valence electrons. The molecule has 16 heavy (non-hydrogen) atoms. The van der Waals surface area contributed by atoms with Crippen LogP contribution < -0.4 is 5.73 Å². The second-order valence-electron chi connectivity index (χ2n) is 3.55. The zero-order chi connectivity index (χ0) is 11.8. The second kappa shape index (κ2) is 3.92. The molecule has 0 spiro atoms. The maximum absolute atomic E-state index is 12.0. The van der Waals surface area contributed by atoms with Crippen LogP contribution in [-0.2, 0) is 14.6 Å². The van der Waals surface area contributed by atoms with E-state index in [1.165, 1.54) is 6.07 Å². The molecule has 0 bridgehead atoms. The van der Waals surface area contributed by atoms with Crippen molar-refractivity contribution in [2.75, 3.05) is 18.9 Å². The maximum Gasteiger partial charge on any atom is 0.205 e. The highest BCUT2D eigenvalue weighted by molar-refractivity contribution is 7.95. The SMILES string of the molecule is CCOCC1=Cc2cc(N)ccc2S1(=O)=O. The minimum Gasteiger partial charge on any atom is -0.399 e. The van der Waals surface area contributed by atoms with Gasteiger partial charge in [0.1, 0.15) is 0 Å². The molecule has 5 heteroatoms. The van der Waals surface area contributed by atoms with Crippen molar-refractivity contribution >= 4 is 21.6 Å². The highest BCUT2D eigenvalue weighted by Gasteiger charge is 2.29.